The summed E-state index contributed by atoms with van der Waals surface area (Å²) >= 11 is 0. The highest BCUT2D eigenvalue weighted by atomic mass is 19.2. The summed E-state index contributed by atoms with van der Waals surface area (Å²) in [7, 11) is 1.13. The first-order valence-corrected chi connectivity index (χ1v) is 5.04. The minimum Gasteiger partial charge on any atom is -0.491 e. The molecule has 1 aromatic rings. The number of hydrogen-bond acceptors (Lipinski definition) is 4. The van der Waals surface area contributed by atoms with E-state index in [9.17, 15) is 18.4 Å². The predicted molar refractivity (Wildman–Crippen MR) is 56.9 cm³/mol. The fraction of sp³-hybridized carbons (Fsp3) is 0.273. The van der Waals surface area contributed by atoms with E-state index in [-0.39, 0.29) is 17.8 Å². The lowest BCUT2D eigenvalue weighted by Crippen LogP contribution is -2.35. The van der Waals surface area contributed by atoms with Gasteiger partial charge in [-0.05, 0) is 6.07 Å². The molecule has 0 saturated carbocycles. The van der Waals surface area contributed by atoms with Crippen molar-refractivity contribution < 1.29 is 28.2 Å². The molecule has 0 fully saturated rings. The first-order valence-electron chi connectivity index (χ1n) is 5.04. The number of carbonyl (C=O) groups is 2. The Kier molecular flexibility index (Phi) is 2.90. The van der Waals surface area contributed by atoms with Crippen LogP contribution in [0, 0.1) is 17.6 Å². The second-order valence-corrected chi connectivity index (χ2v) is 3.76. The summed E-state index contributed by atoms with van der Waals surface area (Å²) in [6.45, 7) is -0.192. The molecule has 96 valence electrons. The summed E-state index contributed by atoms with van der Waals surface area (Å²) in [5.41, 5.74) is -0.233. The molecule has 2 N–H and O–H groups in total. The van der Waals surface area contributed by atoms with E-state index in [0.29, 0.717) is 6.07 Å². The molecule has 1 aliphatic rings. The number of carbonyl (C=O) groups excluding carboxylic acids is 1. The Morgan fingerprint density at radius 3 is 2.78 bits per heavy atom. The molecule has 1 aliphatic heterocycles. The molecule has 1 aromatic carbocycles. The first-order chi connectivity index (χ1) is 8.47. The molecular formula is C11H9F2NO4. The quantitative estimate of drug-likeness (QED) is 0.780. The van der Waals surface area contributed by atoms with E-state index in [1.807, 2.05) is 0 Å². The van der Waals surface area contributed by atoms with Crippen molar-refractivity contribution in [3.63, 3.8) is 0 Å². The van der Waals surface area contributed by atoms with Crippen LogP contribution in [0.5, 0.6) is 5.75 Å². The monoisotopic (exact) mass is 257 g/mol. The van der Waals surface area contributed by atoms with Crippen molar-refractivity contribution in [1.29, 1.82) is 0 Å². The number of Topliss-reactive ketones (excluding diaryl/α,β-unsaturated/α-hetero) is 1. The van der Waals surface area contributed by atoms with E-state index in [4.69, 9.17) is 9.84 Å². The molecule has 0 bridgehead atoms. The second-order valence-electron chi connectivity index (χ2n) is 3.76. The molecule has 1 heterocycles. The fourth-order valence-electron chi connectivity index (χ4n) is 1.85. The SMILES string of the molecule is COc1c(F)c(F)cc2c1NCC(C(=O)O)C2=O. The maximum Gasteiger partial charge on any atom is 0.316 e. The van der Waals surface area contributed by atoms with Crippen molar-refractivity contribution in [2.45, 2.75) is 0 Å². The highest BCUT2D eigenvalue weighted by Crippen LogP contribution is 2.37. The first kappa shape index (κ1) is 12.3. The van der Waals surface area contributed by atoms with Crippen LogP contribution in [0.2, 0.25) is 0 Å². The summed E-state index contributed by atoms with van der Waals surface area (Å²) in [5.74, 6) is -6.30. The van der Waals surface area contributed by atoms with E-state index in [1.54, 1.807) is 0 Å². The highest BCUT2D eigenvalue weighted by Gasteiger charge is 2.36. The number of ketones is 1. The van der Waals surface area contributed by atoms with Crippen molar-refractivity contribution in [3.05, 3.63) is 23.3 Å². The third-order valence-electron chi connectivity index (χ3n) is 2.74. The van der Waals surface area contributed by atoms with Crippen molar-refractivity contribution in [2.75, 3.05) is 19.0 Å². The van der Waals surface area contributed by atoms with Crippen molar-refractivity contribution >= 4 is 17.4 Å². The molecule has 1 atom stereocenters. The van der Waals surface area contributed by atoms with Gasteiger partial charge in [-0.15, -0.1) is 0 Å². The smallest absolute Gasteiger partial charge is 0.316 e. The second kappa shape index (κ2) is 4.25. The van der Waals surface area contributed by atoms with Crippen LogP contribution in [0.1, 0.15) is 10.4 Å². The topological polar surface area (TPSA) is 75.6 Å². The van der Waals surface area contributed by atoms with Gasteiger partial charge >= 0.3 is 5.97 Å². The van der Waals surface area contributed by atoms with E-state index in [1.165, 1.54) is 0 Å². The summed E-state index contributed by atoms with van der Waals surface area (Å²) in [6.07, 6.45) is 0. The van der Waals surface area contributed by atoms with Gasteiger partial charge in [-0.3, -0.25) is 9.59 Å². The fourth-order valence-corrected chi connectivity index (χ4v) is 1.85. The van der Waals surface area contributed by atoms with Crippen molar-refractivity contribution in [2.24, 2.45) is 5.92 Å². The maximum absolute atomic E-state index is 13.4. The van der Waals surface area contributed by atoms with Gasteiger partial charge in [0.1, 0.15) is 5.92 Å². The van der Waals surface area contributed by atoms with Crippen LogP contribution in [-0.4, -0.2) is 30.5 Å². The standard InChI is InChI=1S/C11H9F2NO4/c1-18-10-7(13)6(12)2-4-8(10)14-3-5(9(4)15)11(16)17/h2,5,14H,3H2,1H3,(H,16,17). The molecule has 2 rings (SSSR count). The number of carboxylic acids is 1. The summed E-state index contributed by atoms with van der Waals surface area (Å²) in [4.78, 5) is 22.6. The van der Waals surface area contributed by atoms with Gasteiger partial charge in [0.15, 0.2) is 17.3 Å². The number of benzene rings is 1. The molecule has 18 heavy (non-hydrogen) atoms. The average Bonchev–Trinajstić information content (AvgIpc) is 2.32. The number of nitrogens with one attached hydrogen (secondary N) is 1. The Labute approximate surface area is 100 Å². The van der Waals surface area contributed by atoms with E-state index in [2.05, 4.69) is 5.32 Å². The normalized spacial score (nSPS) is 17.9. The Balaban J connectivity index is 2.60. The van der Waals surface area contributed by atoms with Gasteiger partial charge in [0.25, 0.3) is 0 Å². The van der Waals surface area contributed by atoms with E-state index in [0.717, 1.165) is 7.11 Å². The number of carboxylic acid groups (broad SMARTS) is 1. The molecule has 5 nitrogen and oxygen atoms in total. The highest BCUT2D eigenvalue weighted by molar-refractivity contribution is 6.13. The summed E-state index contributed by atoms with van der Waals surface area (Å²) < 4.78 is 31.4. The molecule has 0 spiro atoms. The molecule has 0 radical (unpaired) electrons. The van der Waals surface area contributed by atoms with E-state index < -0.39 is 35.1 Å². The van der Waals surface area contributed by atoms with Gasteiger partial charge in [0.05, 0.1) is 12.8 Å². The Bertz CT molecular complexity index is 544. The molecule has 0 aromatic heterocycles. The number of hydrogen-bond donors (Lipinski definition) is 2. The Morgan fingerprint density at radius 1 is 1.56 bits per heavy atom. The van der Waals surface area contributed by atoms with Crippen LogP contribution in [0.4, 0.5) is 14.5 Å². The zero-order valence-electron chi connectivity index (χ0n) is 9.29. The van der Waals surface area contributed by atoms with Crippen LogP contribution in [0.3, 0.4) is 0 Å². The van der Waals surface area contributed by atoms with Crippen LogP contribution < -0.4 is 10.1 Å². The Hall–Kier alpha value is -2.18. The molecule has 0 aliphatic carbocycles. The number of ether oxygens (including phenoxy) is 1. The predicted octanol–water partition coefficient (Wildman–Crippen LogP) is 1.28. The van der Waals surface area contributed by atoms with Gasteiger partial charge < -0.3 is 15.2 Å². The minimum absolute atomic E-state index is 0.0149. The number of rotatable bonds is 2. The maximum atomic E-state index is 13.4. The minimum atomic E-state index is -1.32. The summed E-state index contributed by atoms with van der Waals surface area (Å²) in [6, 6.07) is 0.678. The Morgan fingerprint density at radius 2 is 2.22 bits per heavy atom. The molecule has 0 amide bonds. The largest absolute Gasteiger partial charge is 0.491 e. The van der Waals surface area contributed by atoms with E-state index >= 15 is 0 Å². The van der Waals surface area contributed by atoms with Crippen LogP contribution >= 0.6 is 0 Å². The zero-order valence-corrected chi connectivity index (χ0v) is 9.29. The number of halogens is 2. The third kappa shape index (κ3) is 1.68. The number of aliphatic carboxylic acids is 1. The van der Waals surface area contributed by atoms with Crippen molar-refractivity contribution in [1.82, 2.24) is 0 Å². The number of fused-ring (bicyclic) bond motifs is 1. The molecule has 1 unspecified atom stereocenters. The van der Waals surface area contributed by atoms with Crippen molar-refractivity contribution in [3.8, 4) is 5.75 Å². The summed E-state index contributed by atoms with van der Waals surface area (Å²) in [5, 5.41) is 11.4. The van der Waals surface area contributed by atoms with Gasteiger partial charge in [0, 0.05) is 12.1 Å². The lowest BCUT2D eigenvalue weighted by atomic mass is 9.92. The number of anilines is 1. The van der Waals surface area contributed by atoms with Gasteiger partial charge in [-0.25, -0.2) is 4.39 Å². The lowest BCUT2D eigenvalue weighted by molar-refractivity contribution is -0.139. The van der Waals surface area contributed by atoms with Gasteiger partial charge in [0.2, 0.25) is 5.82 Å². The van der Waals surface area contributed by atoms with Crippen LogP contribution in [-0.2, 0) is 4.79 Å². The van der Waals surface area contributed by atoms with Crippen LogP contribution in [0.25, 0.3) is 0 Å². The third-order valence-corrected chi connectivity index (χ3v) is 2.74. The molecule has 7 heteroatoms. The van der Waals surface area contributed by atoms with Crippen LogP contribution in [0.15, 0.2) is 6.07 Å². The van der Waals surface area contributed by atoms with Gasteiger partial charge in [-0.1, -0.05) is 0 Å². The zero-order chi connectivity index (χ0) is 13.4. The van der Waals surface area contributed by atoms with Gasteiger partial charge in [-0.2, -0.15) is 4.39 Å². The molecular weight excluding hydrogens is 248 g/mol. The number of methoxy groups -OCH3 is 1. The molecule has 0 saturated heterocycles. The lowest BCUT2D eigenvalue weighted by Gasteiger charge is -2.24. The average molecular weight is 257 g/mol.